The number of terminal acetylenes is 1. The molecule has 0 saturated carbocycles. The van der Waals surface area contributed by atoms with Crippen LogP contribution in [0.15, 0.2) is 0 Å². The van der Waals surface area contributed by atoms with Crippen LogP contribution in [0.5, 0.6) is 0 Å². The average molecular weight is 153 g/mol. The fraction of sp³-hybridized carbons (Fsp3) is 0.778. The molecule has 0 bridgehead atoms. The van der Waals surface area contributed by atoms with Gasteiger partial charge < -0.3 is 4.74 Å². The summed E-state index contributed by atoms with van der Waals surface area (Å²) in [4.78, 5) is 0. The van der Waals surface area contributed by atoms with Gasteiger partial charge in [0.25, 0.3) is 0 Å². The summed E-state index contributed by atoms with van der Waals surface area (Å²) in [5.74, 6) is 2.65. The predicted molar refractivity (Wildman–Crippen MR) is 45.3 cm³/mol. The molecule has 0 aliphatic carbocycles. The lowest BCUT2D eigenvalue weighted by Gasteiger charge is -2.25. The van der Waals surface area contributed by atoms with E-state index < -0.39 is 0 Å². The zero-order valence-corrected chi connectivity index (χ0v) is 7.18. The Morgan fingerprint density at radius 1 is 1.73 bits per heavy atom. The first kappa shape index (κ1) is 8.58. The summed E-state index contributed by atoms with van der Waals surface area (Å²) in [6, 6.07) is 0.140. The molecule has 1 heterocycles. The summed E-state index contributed by atoms with van der Waals surface area (Å²) in [7, 11) is 0. The molecule has 2 unspecified atom stereocenters. The van der Waals surface area contributed by atoms with Gasteiger partial charge in [0.05, 0.1) is 12.6 Å². The molecule has 2 atom stereocenters. The second-order valence-corrected chi connectivity index (χ2v) is 3.40. The quantitative estimate of drug-likeness (QED) is 0.592. The molecule has 0 radical (unpaired) electrons. The van der Waals surface area contributed by atoms with E-state index in [1.165, 1.54) is 0 Å². The molecule has 1 aliphatic rings. The summed E-state index contributed by atoms with van der Waals surface area (Å²) < 4.78 is 5.27. The Balaban J connectivity index is 2.41. The second-order valence-electron chi connectivity index (χ2n) is 3.40. The third-order valence-electron chi connectivity index (χ3n) is 2.03. The Kier molecular flexibility index (Phi) is 2.53. The summed E-state index contributed by atoms with van der Waals surface area (Å²) in [5, 5.41) is 3.34. The van der Waals surface area contributed by atoms with E-state index in [1.807, 2.05) is 6.92 Å². The van der Waals surface area contributed by atoms with Crippen LogP contribution in [0.1, 0.15) is 20.3 Å². The Morgan fingerprint density at radius 2 is 2.45 bits per heavy atom. The highest BCUT2D eigenvalue weighted by Gasteiger charge is 2.29. The van der Waals surface area contributed by atoms with Crippen molar-refractivity contribution in [1.29, 1.82) is 0 Å². The number of hydrogen-bond acceptors (Lipinski definition) is 2. The van der Waals surface area contributed by atoms with E-state index in [2.05, 4.69) is 18.2 Å². The van der Waals surface area contributed by atoms with E-state index in [0.29, 0.717) is 0 Å². The first-order valence-electron chi connectivity index (χ1n) is 3.98. The summed E-state index contributed by atoms with van der Waals surface area (Å²) in [6.07, 6.45) is 6.31. The number of ether oxygens (including phenoxy) is 1. The van der Waals surface area contributed by atoms with Gasteiger partial charge in [0.2, 0.25) is 0 Å². The minimum Gasteiger partial charge on any atom is -0.379 e. The van der Waals surface area contributed by atoms with Crippen molar-refractivity contribution in [2.24, 2.45) is 0 Å². The van der Waals surface area contributed by atoms with Crippen molar-refractivity contribution in [2.75, 3.05) is 13.2 Å². The van der Waals surface area contributed by atoms with E-state index in [4.69, 9.17) is 11.2 Å². The molecule has 1 aliphatic heterocycles. The van der Waals surface area contributed by atoms with Crippen molar-refractivity contribution in [3.63, 3.8) is 0 Å². The molecule has 1 saturated heterocycles. The molecule has 2 heteroatoms. The van der Waals surface area contributed by atoms with Crippen molar-refractivity contribution >= 4 is 0 Å². The van der Waals surface area contributed by atoms with Gasteiger partial charge in [0.15, 0.2) is 0 Å². The van der Waals surface area contributed by atoms with E-state index in [-0.39, 0.29) is 11.6 Å². The van der Waals surface area contributed by atoms with Gasteiger partial charge in [-0.1, -0.05) is 5.92 Å². The standard InChI is InChI=1S/C9H15NO/c1-4-8(2)10-9(3)5-6-11-7-9/h1,8,10H,5-7H2,2-3H3. The zero-order valence-electron chi connectivity index (χ0n) is 7.18. The lowest BCUT2D eigenvalue weighted by molar-refractivity contribution is 0.170. The molecule has 11 heavy (non-hydrogen) atoms. The van der Waals surface area contributed by atoms with E-state index in [9.17, 15) is 0 Å². The largest absolute Gasteiger partial charge is 0.379 e. The van der Waals surface area contributed by atoms with Gasteiger partial charge >= 0.3 is 0 Å². The molecule has 1 rings (SSSR count). The molecule has 62 valence electrons. The first-order chi connectivity index (χ1) is 5.16. The van der Waals surface area contributed by atoms with Gasteiger partial charge in [0.1, 0.15) is 0 Å². The monoisotopic (exact) mass is 153 g/mol. The highest BCUT2D eigenvalue weighted by Crippen LogP contribution is 2.17. The van der Waals surface area contributed by atoms with Crippen LogP contribution in [0.2, 0.25) is 0 Å². The number of rotatable bonds is 2. The fourth-order valence-corrected chi connectivity index (χ4v) is 1.35. The molecule has 0 aromatic rings. The molecular formula is C9H15NO. The summed E-state index contributed by atoms with van der Waals surface area (Å²) in [5.41, 5.74) is 0.103. The van der Waals surface area contributed by atoms with Gasteiger partial charge in [-0.25, -0.2) is 0 Å². The van der Waals surface area contributed by atoms with Crippen LogP contribution in [0.25, 0.3) is 0 Å². The van der Waals surface area contributed by atoms with Gasteiger partial charge in [-0.05, 0) is 20.3 Å². The van der Waals surface area contributed by atoms with Gasteiger partial charge in [-0.3, -0.25) is 5.32 Å². The Labute approximate surface area is 68.3 Å². The smallest absolute Gasteiger partial charge is 0.0663 e. The van der Waals surface area contributed by atoms with Gasteiger partial charge in [-0.2, -0.15) is 0 Å². The molecular weight excluding hydrogens is 138 g/mol. The van der Waals surface area contributed by atoms with Crippen molar-refractivity contribution in [3.05, 3.63) is 0 Å². The maximum Gasteiger partial charge on any atom is 0.0663 e. The van der Waals surface area contributed by atoms with Crippen molar-refractivity contribution in [2.45, 2.75) is 31.8 Å². The molecule has 0 amide bonds. The molecule has 1 fully saturated rings. The predicted octanol–water partition coefficient (Wildman–Crippen LogP) is 0.777. The number of nitrogens with one attached hydrogen (secondary N) is 1. The van der Waals surface area contributed by atoms with Crippen molar-refractivity contribution in [1.82, 2.24) is 5.32 Å². The maximum absolute atomic E-state index is 5.27. The lowest BCUT2D eigenvalue weighted by atomic mass is 10.0. The van der Waals surface area contributed by atoms with E-state index in [0.717, 1.165) is 19.6 Å². The average Bonchev–Trinajstić information content (AvgIpc) is 2.36. The van der Waals surface area contributed by atoms with Gasteiger partial charge in [0, 0.05) is 12.1 Å². The van der Waals surface area contributed by atoms with Crippen molar-refractivity contribution in [3.8, 4) is 12.3 Å². The Hall–Kier alpha value is -0.520. The fourth-order valence-electron chi connectivity index (χ4n) is 1.35. The third kappa shape index (κ3) is 2.21. The lowest BCUT2D eigenvalue weighted by Crippen LogP contribution is -2.47. The van der Waals surface area contributed by atoms with Crippen molar-refractivity contribution < 1.29 is 4.74 Å². The Bertz CT molecular complexity index is 165. The molecule has 2 nitrogen and oxygen atoms in total. The molecule has 1 N–H and O–H groups in total. The Morgan fingerprint density at radius 3 is 2.91 bits per heavy atom. The van der Waals surface area contributed by atoms with E-state index >= 15 is 0 Å². The number of hydrogen-bond donors (Lipinski definition) is 1. The highest BCUT2D eigenvalue weighted by molar-refractivity contribution is 5.01. The van der Waals surface area contributed by atoms with E-state index in [1.54, 1.807) is 0 Å². The van der Waals surface area contributed by atoms with Crippen LogP contribution in [0.4, 0.5) is 0 Å². The summed E-state index contributed by atoms with van der Waals surface area (Å²) >= 11 is 0. The van der Waals surface area contributed by atoms with Crippen LogP contribution < -0.4 is 5.32 Å². The van der Waals surface area contributed by atoms with Crippen LogP contribution in [-0.2, 0) is 4.74 Å². The minimum atomic E-state index is 0.103. The first-order valence-corrected chi connectivity index (χ1v) is 3.98. The highest BCUT2D eigenvalue weighted by atomic mass is 16.5. The minimum absolute atomic E-state index is 0.103. The SMILES string of the molecule is C#CC(C)NC1(C)CCOC1. The van der Waals surface area contributed by atoms with Crippen LogP contribution in [-0.4, -0.2) is 24.8 Å². The molecule has 0 spiro atoms. The molecule has 0 aromatic heterocycles. The van der Waals surface area contributed by atoms with Crippen LogP contribution in [0, 0.1) is 12.3 Å². The van der Waals surface area contributed by atoms with Crippen LogP contribution >= 0.6 is 0 Å². The summed E-state index contributed by atoms with van der Waals surface area (Å²) in [6.45, 7) is 5.76. The van der Waals surface area contributed by atoms with Crippen LogP contribution in [0.3, 0.4) is 0 Å². The zero-order chi connectivity index (χ0) is 8.32. The third-order valence-corrected chi connectivity index (χ3v) is 2.03. The van der Waals surface area contributed by atoms with Gasteiger partial charge in [-0.15, -0.1) is 6.42 Å². The topological polar surface area (TPSA) is 21.3 Å². The molecule has 0 aromatic carbocycles. The maximum atomic E-state index is 5.27. The normalized spacial score (nSPS) is 33.2. The second kappa shape index (κ2) is 3.25.